The Morgan fingerprint density at radius 2 is 1.79 bits per heavy atom. The molecule has 196 valence electrons. The minimum Gasteiger partial charge on any atom is -0.321 e. The van der Waals surface area contributed by atoms with Gasteiger partial charge < -0.3 is 4.98 Å². The highest BCUT2D eigenvalue weighted by Crippen LogP contribution is 2.34. The first-order valence-corrected chi connectivity index (χ1v) is 13.9. The van der Waals surface area contributed by atoms with Gasteiger partial charge in [0.2, 0.25) is 0 Å². The second-order valence-electron chi connectivity index (χ2n) is 10.5. The summed E-state index contributed by atoms with van der Waals surface area (Å²) in [5, 5.41) is 16.2. The summed E-state index contributed by atoms with van der Waals surface area (Å²) in [6, 6.07) is 20.3. The smallest absolute Gasteiger partial charge is 0.253 e. The van der Waals surface area contributed by atoms with Gasteiger partial charge in [-0.3, -0.25) is 9.69 Å². The van der Waals surface area contributed by atoms with Gasteiger partial charge in [-0.2, -0.15) is 0 Å². The Bertz CT molecular complexity index is 1590. The first kappa shape index (κ1) is 26.0. The van der Waals surface area contributed by atoms with Gasteiger partial charge in [0, 0.05) is 28.9 Å². The van der Waals surface area contributed by atoms with Crippen LogP contribution in [-0.4, -0.2) is 30.1 Å². The molecule has 0 radical (unpaired) electrons. The number of fused-ring (bicyclic) bond motifs is 1. The first-order chi connectivity index (χ1) is 18.3. The van der Waals surface area contributed by atoms with Crippen LogP contribution in [0.15, 0.2) is 70.8 Å². The zero-order chi connectivity index (χ0) is 26.9. The van der Waals surface area contributed by atoms with Crippen molar-refractivity contribution in [1.29, 1.82) is 0 Å². The zero-order valence-corrected chi connectivity index (χ0v) is 23.4. The first-order valence-electron chi connectivity index (χ1n) is 13.0. The van der Waals surface area contributed by atoms with Crippen molar-refractivity contribution in [3.8, 4) is 0 Å². The molecule has 0 saturated heterocycles. The molecule has 0 saturated carbocycles. The fourth-order valence-corrected chi connectivity index (χ4v) is 5.63. The molecular weight excluding hydrogens is 492 g/mol. The second-order valence-corrected chi connectivity index (χ2v) is 11.6. The molecule has 2 aromatic carbocycles. The van der Waals surface area contributed by atoms with Crippen molar-refractivity contribution in [2.24, 2.45) is 0 Å². The molecule has 5 rings (SSSR count). The number of tetrazole rings is 1. The van der Waals surface area contributed by atoms with Crippen molar-refractivity contribution < 1.29 is 0 Å². The molecule has 7 nitrogen and oxygen atoms in total. The molecule has 0 aliphatic heterocycles. The molecule has 5 aromatic rings. The molecule has 0 unspecified atom stereocenters. The van der Waals surface area contributed by atoms with Crippen LogP contribution in [0.3, 0.4) is 0 Å². The number of aromatic nitrogens is 5. The standard InChI is InChI=1S/C30H34N6OS/c1-6-30(4,5)36-28(32-33-34-36)27(25-17-24-20(2)14-15-21(3)26(24)31-29(25)37)35(19-23-13-10-16-38-23)18-22-11-8-7-9-12-22/h7-17,27H,6,18-19H2,1-5H3,(H,31,37)/t27-/m1/s1. The Morgan fingerprint density at radius 1 is 1.03 bits per heavy atom. The maximum absolute atomic E-state index is 13.9. The van der Waals surface area contributed by atoms with Crippen LogP contribution in [0, 0.1) is 13.8 Å². The number of aryl methyl sites for hydroxylation is 2. The molecule has 0 bridgehead atoms. The number of benzene rings is 2. The minimum atomic E-state index is -0.466. The molecule has 0 fully saturated rings. The number of hydrogen-bond acceptors (Lipinski definition) is 6. The summed E-state index contributed by atoms with van der Waals surface area (Å²) in [6.07, 6.45) is 0.841. The fourth-order valence-electron chi connectivity index (χ4n) is 4.90. The van der Waals surface area contributed by atoms with Crippen LogP contribution in [0.25, 0.3) is 10.9 Å². The number of H-pyrrole nitrogens is 1. The van der Waals surface area contributed by atoms with E-state index in [1.165, 1.54) is 4.88 Å². The van der Waals surface area contributed by atoms with Gasteiger partial charge in [-0.05, 0) is 78.7 Å². The van der Waals surface area contributed by atoms with Gasteiger partial charge in [0.25, 0.3) is 5.56 Å². The maximum atomic E-state index is 13.9. The second kappa shape index (κ2) is 10.6. The Labute approximate surface area is 227 Å². The van der Waals surface area contributed by atoms with E-state index in [4.69, 9.17) is 0 Å². The molecular formula is C30H34N6OS. The molecule has 0 spiro atoms. The van der Waals surface area contributed by atoms with Crippen LogP contribution in [-0.2, 0) is 18.6 Å². The largest absolute Gasteiger partial charge is 0.321 e. The monoisotopic (exact) mass is 526 g/mol. The van der Waals surface area contributed by atoms with E-state index in [9.17, 15) is 4.79 Å². The highest BCUT2D eigenvalue weighted by Gasteiger charge is 2.34. The number of nitrogens with zero attached hydrogens (tertiary/aromatic N) is 5. The van der Waals surface area contributed by atoms with Crippen LogP contribution in [0.4, 0.5) is 0 Å². The van der Waals surface area contributed by atoms with Crippen molar-refractivity contribution in [2.75, 3.05) is 0 Å². The summed E-state index contributed by atoms with van der Waals surface area (Å²) >= 11 is 1.71. The molecule has 3 aromatic heterocycles. The lowest BCUT2D eigenvalue weighted by Gasteiger charge is -2.33. The van der Waals surface area contributed by atoms with E-state index in [1.54, 1.807) is 11.3 Å². The van der Waals surface area contributed by atoms with Gasteiger partial charge in [-0.1, -0.05) is 55.5 Å². The van der Waals surface area contributed by atoms with Crippen molar-refractivity contribution in [3.05, 3.63) is 109 Å². The lowest BCUT2D eigenvalue weighted by atomic mass is 9.97. The van der Waals surface area contributed by atoms with Gasteiger partial charge in [-0.25, -0.2) is 4.68 Å². The normalized spacial score (nSPS) is 12.9. The predicted octanol–water partition coefficient (Wildman–Crippen LogP) is 6.13. The van der Waals surface area contributed by atoms with E-state index >= 15 is 0 Å². The average Bonchev–Trinajstić information content (AvgIpc) is 3.61. The van der Waals surface area contributed by atoms with Crippen LogP contribution >= 0.6 is 11.3 Å². The lowest BCUT2D eigenvalue weighted by molar-refractivity contribution is 0.182. The lowest BCUT2D eigenvalue weighted by Crippen LogP contribution is -2.38. The number of rotatable bonds is 9. The minimum absolute atomic E-state index is 0.121. The van der Waals surface area contributed by atoms with E-state index in [1.807, 2.05) is 41.9 Å². The fraction of sp³-hybridized carbons (Fsp3) is 0.333. The number of pyridine rings is 1. The average molecular weight is 527 g/mol. The summed E-state index contributed by atoms with van der Waals surface area (Å²) in [6.45, 7) is 11.8. The highest BCUT2D eigenvalue weighted by molar-refractivity contribution is 7.09. The molecule has 3 heterocycles. The van der Waals surface area contributed by atoms with Crippen molar-refractivity contribution in [2.45, 2.75) is 65.7 Å². The number of aromatic amines is 1. The number of hydrogen-bond donors (Lipinski definition) is 1. The molecule has 0 aliphatic carbocycles. The third-order valence-electron chi connectivity index (χ3n) is 7.48. The molecule has 1 N–H and O–H groups in total. The van der Waals surface area contributed by atoms with Crippen molar-refractivity contribution in [1.82, 2.24) is 30.1 Å². The summed E-state index contributed by atoms with van der Waals surface area (Å²) < 4.78 is 1.90. The molecule has 0 aliphatic rings. The SMILES string of the molecule is CCC(C)(C)n1nnnc1[C@@H](c1cc2c(C)ccc(C)c2[nH]c1=O)N(Cc1ccccc1)Cc1cccs1. The zero-order valence-electron chi connectivity index (χ0n) is 22.6. The molecule has 1 atom stereocenters. The topological polar surface area (TPSA) is 79.7 Å². The summed E-state index contributed by atoms with van der Waals surface area (Å²) in [7, 11) is 0. The quantitative estimate of drug-likeness (QED) is 0.250. The molecule has 8 heteroatoms. The van der Waals surface area contributed by atoms with Gasteiger partial charge in [0.15, 0.2) is 5.82 Å². The summed E-state index contributed by atoms with van der Waals surface area (Å²) in [5.41, 5.74) is 4.39. The van der Waals surface area contributed by atoms with Gasteiger partial charge in [0.05, 0.1) is 11.1 Å². The Hall–Kier alpha value is -3.62. The van der Waals surface area contributed by atoms with E-state index in [0.717, 1.165) is 34.0 Å². The summed E-state index contributed by atoms with van der Waals surface area (Å²) in [5.74, 6) is 0.666. The third kappa shape index (κ3) is 5.06. The highest BCUT2D eigenvalue weighted by atomic mass is 32.1. The number of nitrogens with one attached hydrogen (secondary N) is 1. The summed E-state index contributed by atoms with van der Waals surface area (Å²) in [4.78, 5) is 20.6. The van der Waals surface area contributed by atoms with E-state index in [-0.39, 0.29) is 11.1 Å². The van der Waals surface area contributed by atoms with E-state index < -0.39 is 6.04 Å². The van der Waals surface area contributed by atoms with E-state index in [2.05, 4.69) is 88.8 Å². The Balaban J connectivity index is 1.76. The molecule has 38 heavy (non-hydrogen) atoms. The Morgan fingerprint density at radius 3 is 2.50 bits per heavy atom. The van der Waals surface area contributed by atoms with Crippen LogP contribution in [0.5, 0.6) is 0 Å². The van der Waals surface area contributed by atoms with Crippen LogP contribution < -0.4 is 5.56 Å². The van der Waals surface area contributed by atoms with Gasteiger partial charge in [0.1, 0.15) is 6.04 Å². The molecule has 0 amide bonds. The van der Waals surface area contributed by atoms with Crippen molar-refractivity contribution >= 4 is 22.2 Å². The predicted molar refractivity (Wildman–Crippen MR) is 153 cm³/mol. The Kier molecular flexibility index (Phi) is 7.27. The van der Waals surface area contributed by atoms with E-state index in [0.29, 0.717) is 24.5 Å². The maximum Gasteiger partial charge on any atom is 0.253 e. The van der Waals surface area contributed by atoms with Crippen LogP contribution in [0.2, 0.25) is 0 Å². The third-order valence-corrected chi connectivity index (χ3v) is 8.34. The van der Waals surface area contributed by atoms with Gasteiger partial charge in [-0.15, -0.1) is 16.4 Å². The van der Waals surface area contributed by atoms with Crippen LogP contribution in [0.1, 0.15) is 66.2 Å². The number of thiophene rings is 1. The van der Waals surface area contributed by atoms with Crippen molar-refractivity contribution in [3.63, 3.8) is 0 Å². The van der Waals surface area contributed by atoms with Gasteiger partial charge >= 0.3 is 0 Å².